The van der Waals surface area contributed by atoms with Gasteiger partial charge in [0.25, 0.3) is 0 Å². The third-order valence-electron chi connectivity index (χ3n) is 0.953. The Bertz CT molecular complexity index is 287. The predicted octanol–water partition coefficient (Wildman–Crippen LogP) is 0.481. The van der Waals surface area contributed by atoms with Gasteiger partial charge in [-0.2, -0.15) is 0 Å². The van der Waals surface area contributed by atoms with E-state index in [1.54, 1.807) is 0 Å². The van der Waals surface area contributed by atoms with Gasteiger partial charge in [0, 0.05) is 0 Å². The van der Waals surface area contributed by atoms with Gasteiger partial charge < -0.3 is 0 Å². The molecule has 2 rings (SSSR count). The van der Waals surface area contributed by atoms with Gasteiger partial charge in [0.05, 0.1) is 0 Å². The summed E-state index contributed by atoms with van der Waals surface area (Å²) in [4.78, 5) is 0.838. The van der Waals surface area contributed by atoms with Gasteiger partial charge in [-0.05, 0) is 21.9 Å². The lowest BCUT2D eigenvalue weighted by molar-refractivity contribution is 0.801. The number of thiophene rings is 1. The minimum Gasteiger partial charge on any atom is -0.126 e. The molecule has 0 unspecified atom stereocenters. The molecule has 0 fully saturated rings. The molecule has 44 valence electrons. The van der Waals surface area contributed by atoms with Crippen molar-refractivity contribution in [1.29, 1.82) is 0 Å². The first-order valence-electron chi connectivity index (χ1n) is 2.36. The van der Waals surface area contributed by atoms with Crippen LogP contribution < -0.4 is 0 Å². The molecule has 0 saturated carbocycles. The molecule has 0 spiro atoms. The first-order chi connectivity index (χ1) is 4.47. The number of hydrogen-bond donors (Lipinski definition) is 0. The Morgan fingerprint density at radius 1 is 1.22 bits per heavy atom. The van der Waals surface area contributed by atoms with Gasteiger partial charge in [0.1, 0.15) is 5.52 Å². The van der Waals surface area contributed by atoms with Crippen molar-refractivity contribution in [3.63, 3.8) is 0 Å². The normalized spacial score (nSPS) is 10.2. The largest absolute Gasteiger partial charge is 0.168 e. The Morgan fingerprint density at radius 2 is 2.11 bits per heavy atom. The molecule has 0 radical (unpaired) electrons. The van der Waals surface area contributed by atoms with Crippen LogP contribution in [0.5, 0.6) is 0 Å². The standard InChI is InChI=1S/C4H2N4S/c1-2-9-4-3(1)5-7-8-6-4/h1-2H. The molecule has 0 aliphatic heterocycles. The Balaban J connectivity index is 2.95. The van der Waals surface area contributed by atoms with Crippen molar-refractivity contribution in [3.8, 4) is 0 Å². The topological polar surface area (TPSA) is 51.6 Å². The van der Waals surface area contributed by atoms with Crippen molar-refractivity contribution in [2.24, 2.45) is 0 Å². The van der Waals surface area contributed by atoms with E-state index in [0.717, 1.165) is 10.3 Å². The van der Waals surface area contributed by atoms with Gasteiger partial charge in [-0.15, -0.1) is 21.5 Å². The number of fused-ring (bicyclic) bond motifs is 1. The zero-order chi connectivity index (χ0) is 6.10. The molecular weight excluding hydrogens is 136 g/mol. The van der Waals surface area contributed by atoms with Crippen LogP contribution >= 0.6 is 11.3 Å². The van der Waals surface area contributed by atoms with Crippen LogP contribution in [0.1, 0.15) is 0 Å². The van der Waals surface area contributed by atoms with Crippen LogP contribution in [0, 0.1) is 0 Å². The molecule has 2 aromatic rings. The zero-order valence-corrected chi connectivity index (χ0v) is 5.17. The highest BCUT2D eigenvalue weighted by Gasteiger charge is 1.93. The lowest BCUT2D eigenvalue weighted by Gasteiger charge is -1.77. The molecular formula is C4H2N4S. The fraction of sp³-hybridized carbons (Fsp3) is 0. The first kappa shape index (κ1) is 4.75. The summed E-state index contributed by atoms with van der Waals surface area (Å²) >= 11 is 1.51. The van der Waals surface area contributed by atoms with Crippen LogP contribution in [0.25, 0.3) is 10.3 Å². The van der Waals surface area contributed by atoms with Crippen molar-refractivity contribution in [3.05, 3.63) is 11.4 Å². The maximum atomic E-state index is 3.74. The van der Waals surface area contributed by atoms with Crippen LogP contribution in [0.3, 0.4) is 0 Å². The minimum atomic E-state index is 0.815. The summed E-state index contributed by atoms with van der Waals surface area (Å²) in [5.41, 5.74) is 0.815. The van der Waals surface area contributed by atoms with E-state index in [2.05, 4.69) is 20.6 Å². The fourth-order valence-corrected chi connectivity index (χ4v) is 1.21. The second kappa shape index (κ2) is 1.70. The highest BCUT2D eigenvalue weighted by Crippen LogP contribution is 2.11. The molecule has 0 aliphatic rings. The smallest absolute Gasteiger partial charge is 0.126 e. The summed E-state index contributed by atoms with van der Waals surface area (Å²) in [6.07, 6.45) is 0. The van der Waals surface area contributed by atoms with Crippen molar-refractivity contribution in [2.45, 2.75) is 0 Å². The molecule has 5 heteroatoms. The van der Waals surface area contributed by atoms with E-state index in [-0.39, 0.29) is 0 Å². The number of nitrogens with zero attached hydrogens (tertiary/aromatic N) is 4. The van der Waals surface area contributed by atoms with Gasteiger partial charge >= 0.3 is 0 Å². The van der Waals surface area contributed by atoms with Gasteiger partial charge in [-0.1, -0.05) is 0 Å². The van der Waals surface area contributed by atoms with Gasteiger partial charge in [0.2, 0.25) is 0 Å². The summed E-state index contributed by atoms with van der Waals surface area (Å²) in [7, 11) is 0. The quantitative estimate of drug-likeness (QED) is 0.531. The Kier molecular flexibility index (Phi) is 0.895. The second-order valence-electron chi connectivity index (χ2n) is 1.49. The van der Waals surface area contributed by atoms with Crippen molar-refractivity contribution in [2.75, 3.05) is 0 Å². The molecule has 0 saturated heterocycles. The average molecular weight is 138 g/mol. The molecule has 0 N–H and O–H groups in total. The summed E-state index contributed by atoms with van der Waals surface area (Å²) in [6, 6.07) is 1.86. The highest BCUT2D eigenvalue weighted by atomic mass is 32.1. The van der Waals surface area contributed by atoms with Crippen molar-refractivity contribution in [1.82, 2.24) is 20.6 Å². The SMILES string of the molecule is c1cc2nnnnc2s1. The fourth-order valence-electron chi connectivity index (χ4n) is 0.574. The van der Waals surface area contributed by atoms with E-state index in [4.69, 9.17) is 0 Å². The molecule has 2 heterocycles. The van der Waals surface area contributed by atoms with Gasteiger partial charge in [0.15, 0.2) is 4.83 Å². The lowest BCUT2D eigenvalue weighted by atomic mass is 10.6. The first-order valence-corrected chi connectivity index (χ1v) is 3.24. The van der Waals surface area contributed by atoms with E-state index in [1.807, 2.05) is 11.4 Å². The number of aromatic nitrogens is 4. The third-order valence-corrected chi connectivity index (χ3v) is 1.74. The van der Waals surface area contributed by atoms with Crippen molar-refractivity contribution < 1.29 is 0 Å². The third kappa shape index (κ3) is 0.655. The Hall–Kier alpha value is -1.10. The van der Waals surface area contributed by atoms with Crippen LogP contribution in [0.2, 0.25) is 0 Å². The molecule has 0 aromatic carbocycles. The Morgan fingerprint density at radius 3 is 3.00 bits per heavy atom. The molecule has 0 amide bonds. The van der Waals surface area contributed by atoms with Crippen LogP contribution in [0.15, 0.2) is 11.4 Å². The molecule has 9 heavy (non-hydrogen) atoms. The predicted molar refractivity (Wildman–Crippen MR) is 33.0 cm³/mol. The number of rotatable bonds is 0. The summed E-state index contributed by atoms with van der Waals surface area (Å²) in [5, 5.41) is 16.1. The Labute approximate surface area is 54.5 Å². The minimum absolute atomic E-state index is 0.815. The van der Waals surface area contributed by atoms with Crippen LogP contribution in [0.4, 0.5) is 0 Å². The second-order valence-corrected chi connectivity index (χ2v) is 2.38. The maximum Gasteiger partial charge on any atom is 0.168 e. The average Bonchev–Trinajstić information content (AvgIpc) is 2.33. The van der Waals surface area contributed by atoms with E-state index in [9.17, 15) is 0 Å². The van der Waals surface area contributed by atoms with E-state index >= 15 is 0 Å². The van der Waals surface area contributed by atoms with Gasteiger partial charge in [-0.3, -0.25) is 0 Å². The van der Waals surface area contributed by atoms with Crippen LogP contribution in [-0.4, -0.2) is 20.6 Å². The van der Waals surface area contributed by atoms with E-state index in [0.29, 0.717) is 0 Å². The lowest BCUT2D eigenvalue weighted by Crippen LogP contribution is -1.87. The van der Waals surface area contributed by atoms with Crippen LogP contribution in [-0.2, 0) is 0 Å². The molecule has 0 bridgehead atoms. The van der Waals surface area contributed by atoms with E-state index in [1.165, 1.54) is 11.3 Å². The maximum absolute atomic E-state index is 3.74. The summed E-state index contributed by atoms with van der Waals surface area (Å²) < 4.78 is 0. The highest BCUT2D eigenvalue weighted by molar-refractivity contribution is 7.16. The monoisotopic (exact) mass is 138 g/mol. The summed E-state index contributed by atoms with van der Waals surface area (Å²) in [5.74, 6) is 0. The molecule has 2 aromatic heterocycles. The summed E-state index contributed by atoms with van der Waals surface area (Å²) in [6.45, 7) is 0. The van der Waals surface area contributed by atoms with E-state index < -0.39 is 0 Å². The number of hydrogen-bond acceptors (Lipinski definition) is 5. The molecule has 0 atom stereocenters. The molecule has 0 aliphatic carbocycles. The van der Waals surface area contributed by atoms with Crippen molar-refractivity contribution >= 4 is 21.7 Å². The zero-order valence-electron chi connectivity index (χ0n) is 4.35. The van der Waals surface area contributed by atoms with Gasteiger partial charge in [-0.25, -0.2) is 0 Å². The molecule has 4 nitrogen and oxygen atoms in total.